The van der Waals surface area contributed by atoms with E-state index in [1.807, 2.05) is 37.4 Å². The zero-order valence-electron chi connectivity index (χ0n) is 14.5. The highest BCUT2D eigenvalue weighted by Gasteiger charge is 2.28. The summed E-state index contributed by atoms with van der Waals surface area (Å²) < 4.78 is 5.02. The molecule has 0 aromatic heterocycles. The number of likely N-dealkylation sites (N-methyl/N-ethyl adjacent to an activating group) is 1. The molecule has 2 amide bonds. The van der Waals surface area contributed by atoms with E-state index in [-0.39, 0.29) is 17.9 Å². The fourth-order valence-corrected chi connectivity index (χ4v) is 2.87. The average Bonchev–Trinajstić information content (AvgIpc) is 2.62. The number of benzene rings is 1. The van der Waals surface area contributed by atoms with Crippen LogP contribution in [0.1, 0.15) is 19.8 Å². The molecule has 1 aliphatic heterocycles. The number of para-hydroxylation sites is 1. The predicted molar refractivity (Wildman–Crippen MR) is 94.0 cm³/mol. The van der Waals surface area contributed by atoms with Crippen LogP contribution in [0.25, 0.3) is 0 Å². The average molecular weight is 333 g/mol. The van der Waals surface area contributed by atoms with Crippen LogP contribution < -0.4 is 10.2 Å². The predicted octanol–water partition coefficient (Wildman–Crippen LogP) is 2.11. The van der Waals surface area contributed by atoms with Crippen LogP contribution in [0.4, 0.5) is 10.5 Å². The number of piperidine rings is 1. The van der Waals surface area contributed by atoms with Gasteiger partial charge in [-0.3, -0.25) is 4.79 Å². The van der Waals surface area contributed by atoms with Crippen LogP contribution >= 0.6 is 0 Å². The van der Waals surface area contributed by atoms with Crippen molar-refractivity contribution in [3.8, 4) is 0 Å². The van der Waals surface area contributed by atoms with Crippen molar-refractivity contribution in [2.45, 2.75) is 19.8 Å². The Kier molecular flexibility index (Phi) is 6.90. The number of amides is 2. The molecular weight excluding hydrogens is 306 g/mol. The van der Waals surface area contributed by atoms with Gasteiger partial charge in [0.25, 0.3) is 0 Å². The minimum absolute atomic E-state index is 0.0189. The highest BCUT2D eigenvalue weighted by molar-refractivity contribution is 5.80. The molecular formula is C18H27N3O3. The maximum Gasteiger partial charge on any atom is 0.409 e. The SMILES string of the molecule is CCOC(=O)N1CCCC(C(=O)NCCN(C)c2ccccc2)C1. The summed E-state index contributed by atoms with van der Waals surface area (Å²) >= 11 is 0. The summed E-state index contributed by atoms with van der Waals surface area (Å²) in [5.41, 5.74) is 1.12. The lowest BCUT2D eigenvalue weighted by Gasteiger charge is -2.31. The molecule has 0 aliphatic carbocycles. The second-order valence-corrected chi connectivity index (χ2v) is 6.03. The number of nitrogens with one attached hydrogen (secondary N) is 1. The molecule has 1 atom stereocenters. The van der Waals surface area contributed by atoms with E-state index in [2.05, 4.69) is 10.2 Å². The van der Waals surface area contributed by atoms with Crippen molar-refractivity contribution in [3.63, 3.8) is 0 Å². The first kappa shape index (κ1) is 18.1. The lowest BCUT2D eigenvalue weighted by Crippen LogP contribution is -2.46. The molecule has 1 fully saturated rings. The smallest absolute Gasteiger partial charge is 0.409 e. The van der Waals surface area contributed by atoms with Gasteiger partial charge in [0.2, 0.25) is 5.91 Å². The summed E-state index contributed by atoms with van der Waals surface area (Å²) in [5.74, 6) is -0.129. The highest BCUT2D eigenvalue weighted by Crippen LogP contribution is 2.17. The number of ether oxygens (including phenoxy) is 1. The Hall–Kier alpha value is -2.24. The lowest BCUT2D eigenvalue weighted by atomic mass is 9.97. The van der Waals surface area contributed by atoms with Crippen LogP contribution in [0.2, 0.25) is 0 Å². The molecule has 1 heterocycles. The number of hydrogen-bond donors (Lipinski definition) is 1. The normalized spacial score (nSPS) is 17.2. The van der Waals surface area contributed by atoms with Gasteiger partial charge in [-0.15, -0.1) is 0 Å². The third kappa shape index (κ3) is 5.15. The molecule has 1 aromatic carbocycles. The second-order valence-electron chi connectivity index (χ2n) is 6.03. The van der Waals surface area contributed by atoms with Crippen molar-refractivity contribution in [2.24, 2.45) is 5.92 Å². The van der Waals surface area contributed by atoms with Crippen molar-refractivity contribution in [1.82, 2.24) is 10.2 Å². The lowest BCUT2D eigenvalue weighted by molar-refractivity contribution is -0.126. The van der Waals surface area contributed by atoms with E-state index in [1.165, 1.54) is 0 Å². The van der Waals surface area contributed by atoms with Crippen molar-refractivity contribution in [3.05, 3.63) is 30.3 Å². The third-order valence-electron chi connectivity index (χ3n) is 4.26. The van der Waals surface area contributed by atoms with Crippen LogP contribution in [-0.4, -0.2) is 56.7 Å². The van der Waals surface area contributed by atoms with Gasteiger partial charge >= 0.3 is 6.09 Å². The summed E-state index contributed by atoms with van der Waals surface area (Å²) in [6.07, 6.45) is 1.33. The van der Waals surface area contributed by atoms with Gasteiger partial charge < -0.3 is 19.9 Å². The quantitative estimate of drug-likeness (QED) is 0.866. The van der Waals surface area contributed by atoms with Gasteiger partial charge in [-0.25, -0.2) is 4.79 Å². The van der Waals surface area contributed by atoms with Gasteiger partial charge in [-0.2, -0.15) is 0 Å². The molecule has 1 saturated heterocycles. The molecule has 0 spiro atoms. The van der Waals surface area contributed by atoms with Gasteiger partial charge in [-0.05, 0) is 31.9 Å². The number of anilines is 1. The highest BCUT2D eigenvalue weighted by atomic mass is 16.6. The van der Waals surface area contributed by atoms with Gasteiger partial charge in [0.1, 0.15) is 0 Å². The third-order valence-corrected chi connectivity index (χ3v) is 4.26. The molecule has 6 nitrogen and oxygen atoms in total. The topological polar surface area (TPSA) is 61.9 Å². The van der Waals surface area contributed by atoms with Crippen LogP contribution in [0.15, 0.2) is 30.3 Å². The Labute approximate surface area is 143 Å². The Morgan fingerprint density at radius 1 is 1.33 bits per heavy atom. The van der Waals surface area contributed by atoms with Crippen LogP contribution in [-0.2, 0) is 9.53 Å². The minimum atomic E-state index is -0.321. The van der Waals surface area contributed by atoms with Gasteiger partial charge in [0.15, 0.2) is 0 Å². The zero-order valence-corrected chi connectivity index (χ0v) is 14.5. The van der Waals surface area contributed by atoms with E-state index in [0.717, 1.165) is 25.1 Å². The maximum atomic E-state index is 12.3. The van der Waals surface area contributed by atoms with E-state index < -0.39 is 0 Å². The van der Waals surface area contributed by atoms with Crippen LogP contribution in [0.3, 0.4) is 0 Å². The van der Waals surface area contributed by atoms with E-state index in [9.17, 15) is 9.59 Å². The van der Waals surface area contributed by atoms with Gasteiger partial charge in [-0.1, -0.05) is 18.2 Å². The van der Waals surface area contributed by atoms with Crippen molar-refractivity contribution < 1.29 is 14.3 Å². The van der Waals surface area contributed by atoms with Crippen LogP contribution in [0.5, 0.6) is 0 Å². The Morgan fingerprint density at radius 3 is 2.79 bits per heavy atom. The monoisotopic (exact) mass is 333 g/mol. The van der Waals surface area contributed by atoms with Crippen molar-refractivity contribution in [1.29, 1.82) is 0 Å². The molecule has 0 bridgehead atoms. The standard InChI is InChI=1S/C18H27N3O3/c1-3-24-18(23)21-12-7-8-15(14-21)17(22)19-11-13-20(2)16-9-5-4-6-10-16/h4-6,9-10,15H,3,7-8,11-14H2,1-2H3,(H,19,22). The first-order chi connectivity index (χ1) is 11.6. The largest absolute Gasteiger partial charge is 0.450 e. The fourth-order valence-electron chi connectivity index (χ4n) is 2.87. The summed E-state index contributed by atoms with van der Waals surface area (Å²) in [6.45, 7) is 4.58. The molecule has 1 aromatic rings. The molecule has 6 heteroatoms. The summed E-state index contributed by atoms with van der Waals surface area (Å²) in [6, 6.07) is 10.1. The van der Waals surface area contributed by atoms with E-state index in [4.69, 9.17) is 4.74 Å². The summed E-state index contributed by atoms with van der Waals surface area (Å²) in [5, 5.41) is 2.99. The Balaban J connectivity index is 1.75. The Morgan fingerprint density at radius 2 is 2.08 bits per heavy atom. The van der Waals surface area contributed by atoms with Crippen molar-refractivity contribution >= 4 is 17.7 Å². The second kappa shape index (κ2) is 9.15. The first-order valence-electron chi connectivity index (χ1n) is 8.57. The number of likely N-dealkylation sites (tertiary alicyclic amines) is 1. The fraction of sp³-hybridized carbons (Fsp3) is 0.556. The number of nitrogens with zero attached hydrogens (tertiary/aromatic N) is 2. The molecule has 132 valence electrons. The number of carbonyl (C=O) groups is 2. The van der Waals surface area contributed by atoms with Gasteiger partial charge in [0.05, 0.1) is 12.5 Å². The van der Waals surface area contributed by atoms with E-state index in [1.54, 1.807) is 11.8 Å². The molecule has 24 heavy (non-hydrogen) atoms. The number of carbonyl (C=O) groups excluding carboxylic acids is 2. The maximum absolute atomic E-state index is 12.3. The number of rotatable bonds is 6. The summed E-state index contributed by atoms with van der Waals surface area (Å²) in [4.78, 5) is 27.9. The van der Waals surface area contributed by atoms with E-state index >= 15 is 0 Å². The molecule has 1 N–H and O–H groups in total. The van der Waals surface area contributed by atoms with E-state index in [0.29, 0.717) is 26.2 Å². The minimum Gasteiger partial charge on any atom is -0.450 e. The molecule has 1 unspecified atom stereocenters. The zero-order chi connectivity index (χ0) is 17.4. The van der Waals surface area contributed by atoms with Crippen molar-refractivity contribution in [2.75, 3.05) is 44.7 Å². The molecule has 1 aliphatic rings. The first-order valence-corrected chi connectivity index (χ1v) is 8.57. The molecule has 2 rings (SSSR count). The molecule has 0 radical (unpaired) electrons. The van der Waals surface area contributed by atoms with Crippen LogP contribution in [0, 0.1) is 5.92 Å². The molecule has 0 saturated carbocycles. The summed E-state index contributed by atoms with van der Waals surface area (Å²) in [7, 11) is 2.00. The van der Waals surface area contributed by atoms with Gasteiger partial charge in [0, 0.05) is 38.9 Å². The number of hydrogen-bond acceptors (Lipinski definition) is 4. The Bertz CT molecular complexity index is 536.